The lowest BCUT2D eigenvalue weighted by atomic mass is 9.77. The van der Waals surface area contributed by atoms with Gasteiger partial charge in [0.25, 0.3) is 5.91 Å². The van der Waals surface area contributed by atoms with E-state index in [0.29, 0.717) is 31.7 Å². The molecule has 208 valence electrons. The number of amides is 2. The first kappa shape index (κ1) is 26.7. The predicted octanol–water partition coefficient (Wildman–Crippen LogP) is 6.31. The van der Waals surface area contributed by atoms with Gasteiger partial charge in [0.15, 0.2) is 0 Å². The van der Waals surface area contributed by atoms with Crippen LogP contribution in [-0.4, -0.2) is 60.9 Å². The van der Waals surface area contributed by atoms with Crippen molar-refractivity contribution in [2.24, 2.45) is 0 Å². The Morgan fingerprint density at radius 2 is 1.52 bits per heavy atom. The normalized spacial score (nSPS) is 21.8. The summed E-state index contributed by atoms with van der Waals surface area (Å²) < 4.78 is 5.43. The first-order chi connectivity index (χ1) is 19.6. The Morgan fingerprint density at radius 1 is 0.850 bits per heavy atom. The Hall–Kier alpha value is -3.51. The molecule has 0 bridgehead atoms. The van der Waals surface area contributed by atoms with Gasteiger partial charge in [0.1, 0.15) is 5.75 Å². The molecule has 3 aromatic carbocycles. The van der Waals surface area contributed by atoms with Crippen LogP contribution in [0, 0.1) is 0 Å². The zero-order chi connectivity index (χ0) is 27.6. The van der Waals surface area contributed by atoms with E-state index in [2.05, 4.69) is 9.80 Å². The summed E-state index contributed by atoms with van der Waals surface area (Å²) in [6.45, 7) is 2.63. The molecule has 3 aromatic rings. The van der Waals surface area contributed by atoms with E-state index in [4.69, 9.17) is 16.3 Å². The third-order valence-electron chi connectivity index (χ3n) is 8.85. The Balaban J connectivity index is 1.37. The van der Waals surface area contributed by atoms with Gasteiger partial charge in [-0.3, -0.25) is 9.59 Å². The van der Waals surface area contributed by atoms with Gasteiger partial charge in [-0.05, 0) is 54.3 Å². The molecular formula is C33H36ClN3O3. The molecule has 6 nitrogen and oxygen atoms in total. The standard InChI is InChI=1S/C33H36ClN3O3/c1-40-25-17-15-23(16-18-25)31-30(33(39)36-21-19-35(20-22-36)29-14-8-7-13-28(29)34)26-11-5-6-12-27(26)32(38)37(31)24-9-3-2-4-10-24/h5-8,11-18,24,30-31H,2-4,9-10,19-22H2,1H3/t30-,31-/m1/s1. The number of carbonyl (C=O) groups excluding carboxylic acids is 2. The average molecular weight is 558 g/mol. The van der Waals surface area contributed by atoms with E-state index in [1.54, 1.807) is 7.11 Å². The quantitative estimate of drug-likeness (QED) is 0.369. The van der Waals surface area contributed by atoms with Crippen molar-refractivity contribution in [3.63, 3.8) is 0 Å². The summed E-state index contributed by atoms with van der Waals surface area (Å²) in [4.78, 5) is 35.0. The fourth-order valence-electron chi connectivity index (χ4n) is 6.81. The Bertz CT molecular complexity index is 1360. The van der Waals surface area contributed by atoms with Crippen molar-refractivity contribution in [1.29, 1.82) is 0 Å². The van der Waals surface area contributed by atoms with Gasteiger partial charge in [-0.2, -0.15) is 0 Å². The largest absolute Gasteiger partial charge is 0.497 e. The number of ether oxygens (including phenoxy) is 1. The number of fused-ring (bicyclic) bond motifs is 1. The third-order valence-corrected chi connectivity index (χ3v) is 9.17. The zero-order valence-electron chi connectivity index (χ0n) is 23.0. The van der Waals surface area contributed by atoms with E-state index in [1.165, 1.54) is 6.42 Å². The number of methoxy groups -OCH3 is 1. The van der Waals surface area contributed by atoms with Crippen molar-refractivity contribution in [2.45, 2.75) is 50.1 Å². The molecule has 0 N–H and O–H groups in total. The summed E-state index contributed by atoms with van der Waals surface area (Å²) in [5.74, 6) is 0.404. The van der Waals surface area contributed by atoms with Gasteiger partial charge in [0.2, 0.25) is 5.91 Å². The summed E-state index contributed by atoms with van der Waals surface area (Å²) in [7, 11) is 1.65. The number of piperazine rings is 1. The molecule has 1 aliphatic carbocycles. The van der Waals surface area contributed by atoms with Crippen LogP contribution >= 0.6 is 11.6 Å². The molecule has 1 saturated carbocycles. The molecule has 6 rings (SSSR count). The lowest BCUT2D eigenvalue weighted by Gasteiger charge is -2.48. The van der Waals surface area contributed by atoms with Gasteiger partial charge in [-0.25, -0.2) is 0 Å². The van der Waals surface area contributed by atoms with E-state index in [-0.39, 0.29) is 23.9 Å². The van der Waals surface area contributed by atoms with E-state index in [0.717, 1.165) is 53.3 Å². The van der Waals surface area contributed by atoms with Crippen LogP contribution in [0.5, 0.6) is 5.75 Å². The Labute approximate surface area is 241 Å². The highest BCUT2D eigenvalue weighted by molar-refractivity contribution is 6.33. The van der Waals surface area contributed by atoms with Gasteiger partial charge in [-0.1, -0.05) is 73.3 Å². The molecule has 40 heavy (non-hydrogen) atoms. The van der Waals surface area contributed by atoms with Crippen molar-refractivity contribution < 1.29 is 14.3 Å². The third kappa shape index (κ3) is 4.94. The second-order valence-corrected chi connectivity index (χ2v) is 11.5. The van der Waals surface area contributed by atoms with E-state index in [1.807, 2.05) is 77.7 Å². The highest BCUT2D eigenvalue weighted by Gasteiger charge is 2.48. The van der Waals surface area contributed by atoms with Crippen LogP contribution in [0.25, 0.3) is 0 Å². The molecule has 0 unspecified atom stereocenters. The number of nitrogens with zero attached hydrogens (tertiary/aromatic N) is 3. The summed E-state index contributed by atoms with van der Waals surface area (Å²) in [6, 6.07) is 23.3. The fourth-order valence-corrected chi connectivity index (χ4v) is 7.06. The number of hydrogen-bond donors (Lipinski definition) is 0. The minimum absolute atomic E-state index is 0.0379. The number of para-hydroxylation sites is 1. The maximum Gasteiger partial charge on any atom is 0.254 e. The van der Waals surface area contributed by atoms with Gasteiger partial charge >= 0.3 is 0 Å². The Morgan fingerprint density at radius 3 is 2.23 bits per heavy atom. The topological polar surface area (TPSA) is 53.1 Å². The van der Waals surface area contributed by atoms with Gasteiger partial charge in [-0.15, -0.1) is 0 Å². The van der Waals surface area contributed by atoms with Crippen LogP contribution in [0.4, 0.5) is 5.69 Å². The Kier molecular flexibility index (Phi) is 7.70. The molecule has 2 fully saturated rings. The minimum Gasteiger partial charge on any atom is -0.497 e. The maximum absolute atomic E-state index is 14.6. The van der Waals surface area contributed by atoms with Crippen molar-refractivity contribution in [3.05, 3.63) is 94.5 Å². The minimum atomic E-state index is -0.476. The summed E-state index contributed by atoms with van der Waals surface area (Å²) in [5.41, 5.74) is 3.47. The van der Waals surface area contributed by atoms with Crippen molar-refractivity contribution in [2.75, 3.05) is 38.2 Å². The molecule has 7 heteroatoms. The molecule has 2 atom stereocenters. The lowest BCUT2D eigenvalue weighted by molar-refractivity contribution is -0.135. The highest BCUT2D eigenvalue weighted by atomic mass is 35.5. The number of anilines is 1. The predicted molar refractivity (Wildman–Crippen MR) is 158 cm³/mol. The molecule has 3 aliphatic rings. The van der Waals surface area contributed by atoms with Crippen LogP contribution in [0.2, 0.25) is 5.02 Å². The second kappa shape index (κ2) is 11.5. The van der Waals surface area contributed by atoms with Crippen LogP contribution < -0.4 is 9.64 Å². The van der Waals surface area contributed by atoms with Gasteiger partial charge in [0, 0.05) is 37.8 Å². The maximum atomic E-state index is 14.6. The molecule has 0 radical (unpaired) electrons. The lowest BCUT2D eigenvalue weighted by Crippen LogP contribution is -2.55. The van der Waals surface area contributed by atoms with Crippen LogP contribution in [0.1, 0.15) is 65.5 Å². The monoisotopic (exact) mass is 557 g/mol. The van der Waals surface area contributed by atoms with Crippen LogP contribution in [0.15, 0.2) is 72.8 Å². The molecule has 2 amide bonds. The molecule has 1 saturated heterocycles. The number of halogens is 1. The van der Waals surface area contributed by atoms with E-state index in [9.17, 15) is 9.59 Å². The molecule has 0 spiro atoms. The first-order valence-electron chi connectivity index (χ1n) is 14.4. The highest BCUT2D eigenvalue weighted by Crippen LogP contribution is 2.47. The van der Waals surface area contributed by atoms with Gasteiger partial charge in [0.05, 0.1) is 29.8 Å². The van der Waals surface area contributed by atoms with Gasteiger partial charge < -0.3 is 19.4 Å². The average Bonchev–Trinajstić information content (AvgIpc) is 3.01. The molecule has 0 aromatic heterocycles. The van der Waals surface area contributed by atoms with E-state index < -0.39 is 5.92 Å². The summed E-state index contributed by atoms with van der Waals surface area (Å²) in [5, 5.41) is 0.727. The molecular weight excluding hydrogens is 522 g/mol. The zero-order valence-corrected chi connectivity index (χ0v) is 23.7. The summed E-state index contributed by atoms with van der Waals surface area (Å²) in [6.07, 6.45) is 5.35. The fraction of sp³-hybridized carbons (Fsp3) is 0.394. The van der Waals surface area contributed by atoms with E-state index >= 15 is 0 Å². The first-order valence-corrected chi connectivity index (χ1v) is 14.8. The summed E-state index contributed by atoms with van der Waals surface area (Å²) >= 11 is 6.48. The van der Waals surface area contributed by atoms with Crippen molar-refractivity contribution >= 4 is 29.1 Å². The van der Waals surface area contributed by atoms with Crippen LogP contribution in [0.3, 0.4) is 0 Å². The van der Waals surface area contributed by atoms with Crippen LogP contribution in [-0.2, 0) is 4.79 Å². The smallest absolute Gasteiger partial charge is 0.254 e. The van der Waals surface area contributed by atoms with Crippen molar-refractivity contribution in [3.8, 4) is 5.75 Å². The number of benzene rings is 3. The number of rotatable bonds is 5. The number of carbonyl (C=O) groups is 2. The molecule has 2 heterocycles. The van der Waals surface area contributed by atoms with Crippen molar-refractivity contribution in [1.82, 2.24) is 9.80 Å². The number of hydrogen-bond acceptors (Lipinski definition) is 4. The second-order valence-electron chi connectivity index (χ2n) is 11.1. The SMILES string of the molecule is COc1ccc([C@@H]2[C@H](C(=O)N3CCN(c4ccccc4Cl)CC3)c3ccccc3C(=O)N2C2CCCCC2)cc1. The molecule has 2 aliphatic heterocycles.